The first-order valence-corrected chi connectivity index (χ1v) is 8.25. The number of hydrogen-bond acceptors (Lipinski definition) is 6. The van der Waals surface area contributed by atoms with Crippen LogP contribution in [0.15, 0.2) is 12.5 Å². The van der Waals surface area contributed by atoms with Crippen molar-refractivity contribution in [3.8, 4) is 0 Å². The maximum atomic E-state index is 11.9. The zero-order chi connectivity index (χ0) is 20.1. The second-order valence-electron chi connectivity index (χ2n) is 7.83. The van der Waals surface area contributed by atoms with Crippen LogP contribution >= 0.6 is 0 Å². The summed E-state index contributed by atoms with van der Waals surface area (Å²) in [5.41, 5.74) is -0.847. The number of alkyl carbamates (subject to hydrolysis) is 1. The predicted octanol–water partition coefficient (Wildman–Crippen LogP) is 2.58. The molecular weight excluding hydrogens is 342 g/mol. The molecule has 146 valence electrons. The zero-order valence-electron chi connectivity index (χ0n) is 16.0. The number of imidazole rings is 1. The molecule has 1 amide bonds. The quantitative estimate of drug-likeness (QED) is 0.818. The van der Waals surface area contributed by atoms with Crippen LogP contribution in [0.1, 0.15) is 53.7 Å². The van der Waals surface area contributed by atoms with Crippen molar-refractivity contribution < 1.29 is 29.0 Å². The molecule has 0 saturated heterocycles. The molecule has 0 saturated carbocycles. The minimum atomic E-state index is -1.18. The fourth-order valence-corrected chi connectivity index (χ4v) is 1.91. The highest BCUT2D eigenvalue weighted by atomic mass is 16.6. The molecule has 1 unspecified atom stereocenters. The third-order valence-electron chi connectivity index (χ3n) is 2.92. The molecule has 0 aliphatic carbocycles. The summed E-state index contributed by atoms with van der Waals surface area (Å²) in [6, 6.07) is -1.13. The number of nitrogens with zero attached hydrogens (tertiary/aromatic N) is 2. The lowest BCUT2D eigenvalue weighted by Crippen LogP contribution is -2.43. The number of nitrogens with one attached hydrogen (secondary N) is 1. The summed E-state index contributed by atoms with van der Waals surface area (Å²) < 4.78 is 11.5. The van der Waals surface area contributed by atoms with Crippen LogP contribution in [0.25, 0.3) is 0 Å². The fraction of sp³-hybridized carbons (Fsp3) is 0.647. The van der Waals surface area contributed by atoms with Gasteiger partial charge < -0.3 is 19.9 Å². The lowest BCUT2D eigenvalue weighted by Gasteiger charge is -2.21. The van der Waals surface area contributed by atoms with Gasteiger partial charge >= 0.3 is 18.2 Å². The molecule has 2 N–H and O–H groups in total. The number of rotatable bonds is 5. The van der Waals surface area contributed by atoms with Crippen molar-refractivity contribution in [2.45, 2.75) is 71.6 Å². The second-order valence-corrected chi connectivity index (χ2v) is 7.83. The van der Waals surface area contributed by atoms with Gasteiger partial charge in [-0.2, -0.15) is 0 Å². The maximum Gasteiger partial charge on any atom is 0.419 e. The number of carboxylic acids is 1. The van der Waals surface area contributed by atoms with Gasteiger partial charge in [0.1, 0.15) is 23.6 Å². The van der Waals surface area contributed by atoms with Crippen molar-refractivity contribution in [1.29, 1.82) is 0 Å². The molecule has 0 radical (unpaired) electrons. The lowest BCUT2D eigenvalue weighted by molar-refractivity contribution is -0.139. The van der Waals surface area contributed by atoms with E-state index < -0.39 is 35.4 Å². The van der Waals surface area contributed by atoms with E-state index in [0.717, 1.165) is 0 Å². The van der Waals surface area contributed by atoms with Crippen LogP contribution in [0, 0.1) is 0 Å². The van der Waals surface area contributed by atoms with Crippen LogP contribution in [-0.2, 0) is 20.7 Å². The molecule has 1 rings (SSSR count). The Bertz CT molecular complexity index is 654. The third-order valence-corrected chi connectivity index (χ3v) is 2.92. The molecule has 0 aliphatic rings. The summed E-state index contributed by atoms with van der Waals surface area (Å²) in [5.74, 6) is -1.18. The first kappa shape index (κ1) is 21.5. The van der Waals surface area contributed by atoms with E-state index in [4.69, 9.17) is 9.47 Å². The van der Waals surface area contributed by atoms with E-state index in [2.05, 4.69) is 10.3 Å². The largest absolute Gasteiger partial charge is 0.480 e. The molecule has 0 aliphatic heterocycles. The molecular formula is C17H27N3O6. The van der Waals surface area contributed by atoms with E-state index in [1.165, 1.54) is 17.1 Å². The number of aromatic nitrogens is 2. The summed E-state index contributed by atoms with van der Waals surface area (Å²) in [6.07, 6.45) is 1.76. The van der Waals surface area contributed by atoms with Crippen molar-refractivity contribution >= 4 is 18.2 Å². The summed E-state index contributed by atoms with van der Waals surface area (Å²) in [5, 5.41) is 11.6. The molecule has 0 bridgehead atoms. The molecule has 0 spiro atoms. The SMILES string of the molecule is CC(C)(C)OC(=O)NC(CCc1cn(C(=O)OC(C)(C)C)cn1)C(=O)O. The Kier molecular flexibility index (Phi) is 6.77. The number of carbonyl (C=O) groups is 3. The Morgan fingerprint density at radius 1 is 1.15 bits per heavy atom. The molecule has 1 aromatic rings. The topological polar surface area (TPSA) is 120 Å². The van der Waals surface area contributed by atoms with E-state index >= 15 is 0 Å². The van der Waals surface area contributed by atoms with Crippen LogP contribution in [0.4, 0.5) is 9.59 Å². The molecule has 1 aromatic heterocycles. The van der Waals surface area contributed by atoms with E-state index in [1.54, 1.807) is 41.5 Å². The average Bonchev–Trinajstić information content (AvgIpc) is 2.88. The first-order valence-electron chi connectivity index (χ1n) is 8.25. The number of carbonyl (C=O) groups excluding carboxylic acids is 2. The van der Waals surface area contributed by atoms with Crippen molar-refractivity contribution in [3.05, 3.63) is 18.2 Å². The highest BCUT2D eigenvalue weighted by Crippen LogP contribution is 2.11. The van der Waals surface area contributed by atoms with Crippen molar-refractivity contribution in [3.63, 3.8) is 0 Å². The smallest absolute Gasteiger partial charge is 0.419 e. The van der Waals surface area contributed by atoms with Gasteiger partial charge in [0.25, 0.3) is 0 Å². The van der Waals surface area contributed by atoms with Gasteiger partial charge in [0.05, 0.1) is 5.69 Å². The van der Waals surface area contributed by atoms with Gasteiger partial charge in [-0.25, -0.2) is 23.9 Å². The number of carboxylic acid groups (broad SMARTS) is 1. The summed E-state index contributed by atoms with van der Waals surface area (Å²) >= 11 is 0. The van der Waals surface area contributed by atoms with E-state index in [-0.39, 0.29) is 12.8 Å². The number of amides is 1. The van der Waals surface area contributed by atoms with E-state index in [1.807, 2.05) is 0 Å². The molecule has 9 heteroatoms. The molecule has 9 nitrogen and oxygen atoms in total. The van der Waals surface area contributed by atoms with Gasteiger partial charge in [0.2, 0.25) is 0 Å². The molecule has 0 aromatic carbocycles. The minimum absolute atomic E-state index is 0.0971. The van der Waals surface area contributed by atoms with Crippen LogP contribution in [-0.4, -0.2) is 50.1 Å². The van der Waals surface area contributed by atoms with Crippen molar-refractivity contribution in [2.75, 3.05) is 0 Å². The Morgan fingerprint density at radius 2 is 1.73 bits per heavy atom. The fourth-order valence-electron chi connectivity index (χ4n) is 1.91. The predicted molar refractivity (Wildman–Crippen MR) is 93.0 cm³/mol. The highest BCUT2D eigenvalue weighted by Gasteiger charge is 2.24. The minimum Gasteiger partial charge on any atom is -0.480 e. The van der Waals surface area contributed by atoms with E-state index in [9.17, 15) is 19.5 Å². The Morgan fingerprint density at radius 3 is 2.23 bits per heavy atom. The Balaban J connectivity index is 2.64. The molecule has 1 heterocycles. The number of aryl methyl sites for hydroxylation is 1. The lowest BCUT2D eigenvalue weighted by atomic mass is 10.1. The number of ether oxygens (including phenoxy) is 2. The third kappa shape index (κ3) is 8.00. The number of aliphatic carboxylic acids is 1. The Labute approximate surface area is 152 Å². The average molecular weight is 369 g/mol. The van der Waals surface area contributed by atoms with Crippen molar-refractivity contribution in [1.82, 2.24) is 14.9 Å². The van der Waals surface area contributed by atoms with Crippen LogP contribution < -0.4 is 5.32 Å². The van der Waals surface area contributed by atoms with Crippen LogP contribution in [0.2, 0.25) is 0 Å². The maximum absolute atomic E-state index is 11.9. The zero-order valence-corrected chi connectivity index (χ0v) is 16.0. The molecule has 26 heavy (non-hydrogen) atoms. The van der Waals surface area contributed by atoms with Crippen LogP contribution in [0.5, 0.6) is 0 Å². The monoisotopic (exact) mass is 369 g/mol. The summed E-state index contributed by atoms with van der Waals surface area (Å²) in [4.78, 5) is 39.0. The summed E-state index contributed by atoms with van der Waals surface area (Å²) in [6.45, 7) is 10.3. The van der Waals surface area contributed by atoms with Gasteiger partial charge in [-0.1, -0.05) is 0 Å². The molecule has 1 atom stereocenters. The number of hydrogen-bond donors (Lipinski definition) is 2. The Hall–Kier alpha value is -2.58. The highest BCUT2D eigenvalue weighted by molar-refractivity contribution is 5.80. The normalized spacial score (nSPS) is 13.0. The van der Waals surface area contributed by atoms with Crippen LogP contribution in [0.3, 0.4) is 0 Å². The first-order chi connectivity index (χ1) is 11.8. The van der Waals surface area contributed by atoms with Gasteiger partial charge in [0.15, 0.2) is 0 Å². The van der Waals surface area contributed by atoms with Gasteiger partial charge in [0, 0.05) is 6.20 Å². The van der Waals surface area contributed by atoms with Gasteiger partial charge in [-0.3, -0.25) is 0 Å². The summed E-state index contributed by atoms with van der Waals surface area (Å²) in [7, 11) is 0. The standard InChI is InChI=1S/C17H27N3O6/c1-16(2,3)25-14(23)19-12(13(21)22)8-7-11-9-20(10-18-11)15(24)26-17(4,5)6/h9-10,12H,7-8H2,1-6H3,(H,19,23)(H,21,22). The van der Waals surface area contributed by atoms with E-state index in [0.29, 0.717) is 5.69 Å². The van der Waals surface area contributed by atoms with Gasteiger partial charge in [-0.15, -0.1) is 0 Å². The second kappa shape index (κ2) is 8.20. The van der Waals surface area contributed by atoms with Gasteiger partial charge in [-0.05, 0) is 54.4 Å². The van der Waals surface area contributed by atoms with Crippen molar-refractivity contribution in [2.24, 2.45) is 0 Å². The molecule has 0 fully saturated rings.